The summed E-state index contributed by atoms with van der Waals surface area (Å²) in [7, 11) is 6.69. The van der Waals surface area contributed by atoms with Crippen LogP contribution in [-0.4, -0.2) is 20.8 Å². The van der Waals surface area contributed by atoms with Gasteiger partial charge < -0.3 is 5.32 Å². The smallest absolute Gasteiger partial charge is 0.246 e. The van der Waals surface area contributed by atoms with Gasteiger partial charge in [-0.15, -0.1) is 0 Å². The Labute approximate surface area is 78.6 Å². The lowest BCUT2D eigenvalue weighted by Crippen LogP contribution is -2.18. The topological polar surface area (TPSA) is 29.1 Å². The highest BCUT2D eigenvalue weighted by atomic mass is 19.1. The zero-order chi connectivity index (χ0) is 10.4. The van der Waals surface area contributed by atoms with Crippen LogP contribution >= 0.6 is 0 Å². The predicted molar refractivity (Wildman–Crippen MR) is 51.9 cm³/mol. The van der Waals surface area contributed by atoms with Crippen LogP contribution in [0.3, 0.4) is 0 Å². The van der Waals surface area contributed by atoms with Gasteiger partial charge in [-0.05, 0) is 13.0 Å². The number of carbonyl (C=O) groups is 1. The van der Waals surface area contributed by atoms with Gasteiger partial charge in [0.2, 0.25) is 5.91 Å². The van der Waals surface area contributed by atoms with Crippen molar-refractivity contribution in [1.29, 1.82) is 0 Å². The lowest BCUT2D eigenvalue weighted by atomic mass is 9.94. The predicted octanol–water partition coefficient (Wildman–Crippen LogP) is 1.21. The molecule has 0 heterocycles. The van der Waals surface area contributed by atoms with Crippen molar-refractivity contribution < 1.29 is 9.18 Å². The third-order valence-electron chi connectivity index (χ3n) is 1.42. The maximum Gasteiger partial charge on any atom is 0.246 e. The van der Waals surface area contributed by atoms with E-state index in [0.29, 0.717) is 0 Å². The highest BCUT2D eigenvalue weighted by molar-refractivity contribution is 6.23. The number of nitrogens with one attached hydrogen (secondary N) is 1. The quantitative estimate of drug-likeness (QED) is 0.393. The average Bonchev–Trinajstić information content (AvgIpc) is 2.14. The van der Waals surface area contributed by atoms with Gasteiger partial charge in [-0.1, -0.05) is 18.1 Å². The van der Waals surface area contributed by atoms with E-state index in [2.05, 4.69) is 11.9 Å². The second-order valence-corrected chi connectivity index (χ2v) is 2.41. The summed E-state index contributed by atoms with van der Waals surface area (Å²) in [5.74, 6) is -0.997. The Hall–Kier alpha value is -1.32. The van der Waals surface area contributed by atoms with Gasteiger partial charge in [0.25, 0.3) is 0 Å². The summed E-state index contributed by atoms with van der Waals surface area (Å²) >= 11 is 0. The van der Waals surface area contributed by atoms with Crippen LogP contribution in [0.5, 0.6) is 0 Å². The molecule has 0 atom stereocenters. The zero-order valence-corrected chi connectivity index (χ0v) is 7.73. The number of hydrogen-bond donors (Lipinski definition) is 1. The van der Waals surface area contributed by atoms with E-state index in [1.54, 1.807) is 0 Å². The fourth-order valence-corrected chi connectivity index (χ4v) is 0.634. The minimum atomic E-state index is -0.656. The molecule has 13 heavy (non-hydrogen) atoms. The van der Waals surface area contributed by atoms with Gasteiger partial charge >= 0.3 is 0 Å². The number of amides is 1. The van der Waals surface area contributed by atoms with Crippen molar-refractivity contribution in [2.24, 2.45) is 0 Å². The summed E-state index contributed by atoms with van der Waals surface area (Å²) in [6.45, 7) is 4.80. The molecule has 1 amide bonds. The van der Waals surface area contributed by atoms with Crippen molar-refractivity contribution in [3.05, 3.63) is 35.6 Å². The van der Waals surface area contributed by atoms with Crippen molar-refractivity contribution >= 4 is 13.8 Å². The second kappa shape index (κ2) is 5.35. The van der Waals surface area contributed by atoms with Crippen LogP contribution in [0.2, 0.25) is 0 Å². The Bertz CT molecular complexity index is 281. The maximum absolute atomic E-state index is 13.0. The molecule has 0 saturated carbocycles. The highest BCUT2D eigenvalue weighted by Crippen LogP contribution is 2.08. The summed E-state index contributed by atoms with van der Waals surface area (Å²) < 4.78 is 13.0. The third kappa shape index (κ3) is 3.74. The van der Waals surface area contributed by atoms with Crippen LogP contribution in [0, 0.1) is 0 Å². The lowest BCUT2D eigenvalue weighted by molar-refractivity contribution is -0.117. The molecule has 1 N–H and O–H groups in total. The number of allylic oxidation sites excluding steroid dienone is 4. The number of rotatable bonds is 3. The minimum Gasteiger partial charge on any atom is -0.355 e. The van der Waals surface area contributed by atoms with E-state index in [4.69, 9.17) is 7.85 Å². The van der Waals surface area contributed by atoms with Gasteiger partial charge in [-0.3, -0.25) is 4.79 Å². The fraction of sp³-hybridized carbons (Fsp3) is 0.222. The van der Waals surface area contributed by atoms with Crippen LogP contribution in [0.25, 0.3) is 0 Å². The molecule has 0 aliphatic rings. The summed E-state index contributed by atoms with van der Waals surface area (Å²) in [5, 5.41) is 2.36. The molecular formula is C9H11BFNO. The molecule has 0 saturated heterocycles. The monoisotopic (exact) mass is 179 g/mol. The van der Waals surface area contributed by atoms with Gasteiger partial charge in [0.1, 0.15) is 13.7 Å². The van der Waals surface area contributed by atoms with Crippen LogP contribution in [0.4, 0.5) is 4.39 Å². The van der Waals surface area contributed by atoms with E-state index >= 15 is 0 Å². The van der Waals surface area contributed by atoms with Gasteiger partial charge in [-0.25, -0.2) is 4.39 Å². The summed E-state index contributed by atoms with van der Waals surface area (Å²) in [6.07, 6.45) is 2.25. The van der Waals surface area contributed by atoms with E-state index < -0.39 is 5.83 Å². The van der Waals surface area contributed by atoms with Gasteiger partial charge in [0, 0.05) is 12.6 Å². The average molecular weight is 179 g/mol. The molecule has 2 nitrogen and oxygen atoms in total. The maximum atomic E-state index is 13.0. The van der Waals surface area contributed by atoms with Gasteiger partial charge in [0.15, 0.2) is 0 Å². The second-order valence-electron chi connectivity index (χ2n) is 2.41. The molecule has 68 valence electrons. The van der Waals surface area contributed by atoms with Crippen LogP contribution in [0.15, 0.2) is 35.6 Å². The SMILES string of the molecule is [B]/C(C=C)=C(F)/C=C(\C)C(=O)NC. The molecule has 0 fully saturated rings. The summed E-state index contributed by atoms with van der Waals surface area (Å²) in [6, 6.07) is 0. The number of likely N-dealkylation sites (N-methyl/N-ethyl adjacent to an activating group) is 1. The molecule has 0 aliphatic heterocycles. The molecule has 0 aromatic rings. The highest BCUT2D eigenvalue weighted by Gasteiger charge is 2.02. The number of halogens is 1. The van der Waals surface area contributed by atoms with E-state index in [1.807, 2.05) is 0 Å². The van der Waals surface area contributed by atoms with E-state index in [0.717, 1.165) is 6.08 Å². The molecule has 0 rings (SSSR count). The van der Waals surface area contributed by atoms with Crippen LogP contribution < -0.4 is 5.32 Å². The standard InChI is InChI=1S/C9H11BFNO/c1-4-7(10)8(11)5-6(2)9(13)12-3/h4-5H,1H2,2-3H3,(H,12,13)/b6-5+,8-7-. The van der Waals surface area contributed by atoms with Crippen molar-refractivity contribution in [1.82, 2.24) is 5.32 Å². The Morgan fingerprint density at radius 3 is 2.54 bits per heavy atom. The Balaban J connectivity index is 4.75. The van der Waals surface area contributed by atoms with E-state index in [1.165, 1.54) is 20.0 Å². The largest absolute Gasteiger partial charge is 0.355 e. The minimum absolute atomic E-state index is 0.0803. The van der Waals surface area contributed by atoms with Gasteiger partial charge in [-0.2, -0.15) is 0 Å². The lowest BCUT2D eigenvalue weighted by Gasteiger charge is -1.99. The summed E-state index contributed by atoms with van der Waals surface area (Å²) in [4.78, 5) is 10.9. The van der Waals surface area contributed by atoms with Crippen LogP contribution in [-0.2, 0) is 4.79 Å². The number of carbonyl (C=O) groups excluding carboxylic acids is 1. The third-order valence-corrected chi connectivity index (χ3v) is 1.42. The van der Waals surface area contributed by atoms with Crippen molar-refractivity contribution in [2.75, 3.05) is 7.05 Å². The molecule has 0 aromatic heterocycles. The molecule has 4 heteroatoms. The molecule has 2 radical (unpaired) electrons. The molecule has 0 unspecified atom stereocenters. The normalized spacial score (nSPS) is 13.3. The molecule has 0 bridgehead atoms. The first-order chi connectivity index (χ1) is 6.02. The molecule has 0 spiro atoms. The van der Waals surface area contributed by atoms with E-state index in [-0.39, 0.29) is 17.0 Å². The Kier molecular flexibility index (Phi) is 4.81. The molecule has 0 aliphatic carbocycles. The summed E-state index contributed by atoms with van der Waals surface area (Å²) in [5.41, 5.74) is 0.174. The molecule has 0 aromatic carbocycles. The van der Waals surface area contributed by atoms with Crippen molar-refractivity contribution in [3.8, 4) is 0 Å². The Morgan fingerprint density at radius 2 is 2.15 bits per heavy atom. The fourth-order valence-electron chi connectivity index (χ4n) is 0.634. The Morgan fingerprint density at radius 1 is 1.62 bits per heavy atom. The first kappa shape index (κ1) is 11.7. The number of hydrogen-bond acceptors (Lipinski definition) is 1. The van der Waals surface area contributed by atoms with Gasteiger partial charge in [0.05, 0.1) is 0 Å². The molecular weight excluding hydrogens is 168 g/mol. The van der Waals surface area contributed by atoms with Crippen molar-refractivity contribution in [2.45, 2.75) is 6.92 Å². The van der Waals surface area contributed by atoms with Crippen molar-refractivity contribution in [3.63, 3.8) is 0 Å². The first-order valence-corrected chi connectivity index (χ1v) is 3.71. The van der Waals surface area contributed by atoms with E-state index in [9.17, 15) is 9.18 Å². The van der Waals surface area contributed by atoms with Crippen LogP contribution in [0.1, 0.15) is 6.92 Å². The zero-order valence-electron chi connectivity index (χ0n) is 7.73. The first-order valence-electron chi connectivity index (χ1n) is 3.71.